The number of Topliss-reactive ketones (excluding diaryl/α,β-unsaturated/α-hetero) is 1. The minimum atomic E-state index is -0.736. The van der Waals surface area contributed by atoms with Crippen LogP contribution in [0.4, 0.5) is 5.69 Å². The van der Waals surface area contributed by atoms with Crippen molar-refractivity contribution in [1.29, 1.82) is 0 Å². The predicted molar refractivity (Wildman–Crippen MR) is 52.9 cm³/mol. The maximum Gasteiger partial charge on any atom is 0.311 e. The number of benzene rings is 1. The van der Waals surface area contributed by atoms with Gasteiger partial charge in [-0.05, 0) is 12.1 Å². The van der Waals surface area contributed by atoms with Crippen LogP contribution in [0.3, 0.4) is 0 Å². The lowest BCUT2D eigenvalue weighted by Gasteiger charge is -1.98. The van der Waals surface area contributed by atoms with Crippen LogP contribution in [0.15, 0.2) is 18.2 Å². The third-order valence-corrected chi connectivity index (χ3v) is 2.12. The number of carbonyl (C=O) groups excluding carboxylic acids is 1. The Kier molecular flexibility index (Phi) is 3.19. The van der Waals surface area contributed by atoms with Crippen LogP contribution >= 0.6 is 15.9 Å². The van der Waals surface area contributed by atoms with E-state index in [1.54, 1.807) is 0 Å². The lowest BCUT2D eigenvalue weighted by Crippen LogP contribution is -2.00. The molecule has 1 rings (SSSR count). The van der Waals surface area contributed by atoms with Crippen LogP contribution < -0.4 is 0 Å². The zero-order valence-corrected chi connectivity index (χ0v) is 8.52. The zero-order chi connectivity index (χ0) is 10.7. The van der Waals surface area contributed by atoms with Crippen LogP contribution in [0.25, 0.3) is 0 Å². The van der Waals surface area contributed by atoms with E-state index in [-0.39, 0.29) is 16.7 Å². The Hall–Kier alpha value is -1.43. The smallest absolute Gasteiger partial charge is 0.311 e. The highest BCUT2D eigenvalue weighted by Crippen LogP contribution is 2.26. The van der Waals surface area contributed by atoms with E-state index in [4.69, 9.17) is 5.11 Å². The first-order valence-corrected chi connectivity index (χ1v) is 4.75. The van der Waals surface area contributed by atoms with Crippen molar-refractivity contribution in [1.82, 2.24) is 0 Å². The van der Waals surface area contributed by atoms with Gasteiger partial charge in [0.05, 0.1) is 10.3 Å². The molecule has 0 saturated carbocycles. The number of carbonyl (C=O) groups is 1. The number of ketones is 1. The van der Waals surface area contributed by atoms with Crippen LogP contribution in [-0.2, 0) is 0 Å². The molecule has 1 N–H and O–H groups in total. The number of phenols is 1. The van der Waals surface area contributed by atoms with Gasteiger partial charge in [-0.25, -0.2) is 0 Å². The normalized spacial score (nSPS) is 9.79. The molecule has 14 heavy (non-hydrogen) atoms. The summed E-state index contributed by atoms with van der Waals surface area (Å²) < 4.78 is 0. The van der Waals surface area contributed by atoms with E-state index in [9.17, 15) is 14.9 Å². The van der Waals surface area contributed by atoms with Gasteiger partial charge in [0, 0.05) is 11.6 Å². The van der Waals surface area contributed by atoms with E-state index in [0.29, 0.717) is 0 Å². The number of halogens is 1. The Balaban J connectivity index is 3.19. The third kappa shape index (κ3) is 2.08. The third-order valence-electron chi connectivity index (χ3n) is 1.62. The van der Waals surface area contributed by atoms with E-state index in [1.165, 1.54) is 6.07 Å². The van der Waals surface area contributed by atoms with Gasteiger partial charge in [0.1, 0.15) is 0 Å². The fraction of sp³-hybridized carbons (Fsp3) is 0.125. The summed E-state index contributed by atoms with van der Waals surface area (Å²) in [5, 5.41) is 19.6. The summed E-state index contributed by atoms with van der Waals surface area (Å²) in [5.41, 5.74) is -0.261. The molecule has 0 radical (unpaired) electrons. The summed E-state index contributed by atoms with van der Waals surface area (Å²) in [6, 6.07) is 3.53. The fourth-order valence-electron chi connectivity index (χ4n) is 0.920. The van der Waals surface area contributed by atoms with E-state index in [1.807, 2.05) is 0 Å². The second-order valence-electron chi connectivity index (χ2n) is 2.52. The molecule has 1 aromatic rings. The molecule has 0 fully saturated rings. The molecule has 74 valence electrons. The molecule has 0 aromatic heterocycles. The molecule has 5 nitrogen and oxygen atoms in total. The molecule has 6 heteroatoms. The molecule has 0 unspecified atom stereocenters. The van der Waals surface area contributed by atoms with Crippen molar-refractivity contribution in [2.24, 2.45) is 0 Å². The Bertz CT molecular complexity index is 391. The number of hydrogen-bond donors (Lipinski definition) is 1. The van der Waals surface area contributed by atoms with Crippen molar-refractivity contribution >= 4 is 27.4 Å². The number of nitrogens with zero attached hydrogens (tertiary/aromatic N) is 1. The van der Waals surface area contributed by atoms with Crippen molar-refractivity contribution in [3.63, 3.8) is 0 Å². The molecular weight excluding hydrogens is 254 g/mol. The Morgan fingerprint density at radius 1 is 1.57 bits per heavy atom. The van der Waals surface area contributed by atoms with Crippen molar-refractivity contribution in [3.8, 4) is 5.75 Å². The summed E-state index contributed by atoms with van der Waals surface area (Å²) in [6.07, 6.45) is 0. The molecule has 0 aliphatic rings. The van der Waals surface area contributed by atoms with Crippen molar-refractivity contribution in [3.05, 3.63) is 33.9 Å². The standard InChI is InChI=1S/C8H6BrNO4/c9-4-8(12)5-1-2-7(11)6(3-5)10(13)14/h1-3,11H,4H2. The molecule has 0 aliphatic heterocycles. The first-order chi connectivity index (χ1) is 6.56. The van der Waals surface area contributed by atoms with Gasteiger partial charge in [0.25, 0.3) is 0 Å². The van der Waals surface area contributed by atoms with Gasteiger partial charge in [-0.15, -0.1) is 0 Å². The van der Waals surface area contributed by atoms with Crippen LogP contribution in [0.5, 0.6) is 5.75 Å². The average Bonchev–Trinajstić information content (AvgIpc) is 2.17. The van der Waals surface area contributed by atoms with Crippen molar-refractivity contribution in [2.75, 3.05) is 5.33 Å². The number of nitro benzene ring substituents is 1. The van der Waals surface area contributed by atoms with Gasteiger partial charge in [-0.2, -0.15) is 0 Å². The number of phenolic OH excluding ortho intramolecular Hbond substituents is 1. The van der Waals surface area contributed by atoms with E-state index in [2.05, 4.69) is 15.9 Å². The topological polar surface area (TPSA) is 80.4 Å². The van der Waals surface area contributed by atoms with Crippen LogP contribution in [0.2, 0.25) is 0 Å². The highest BCUT2D eigenvalue weighted by Gasteiger charge is 2.15. The van der Waals surface area contributed by atoms with Gasteiger partial charge in [-0.1, -0.05) is 15.9 Å². The van der Waals surface area contributed by atoms with Crippen LogP contribution in [0.1, 0.15) is 10.4 Å². The van der Waals surface area contributed by atoms with Crippen molar-refractivity contribution in [2.45, 2.75) is 0 Å². The number of nitro groups is 1. The minimum Gasteiger partial charge on any atom is -0.502 e. The maximum absolute atomic E-state index is 11.1. The number of rotatable bonds is 3. The number of hydrogen-bond acceptors (Lipinski definition) is 4. The van der Waals surface area contributed by atoms with Gasteiger partial charge in [-0.3, -0.25) is 14.9 Å². The quantitative estimate of drug-likeness (QED) is 0.389. The van der Waals surface area contributed by atoms with Crippen molar-refractivity contribution < 1.29 is 14.8 Å². The summed E-state index contributed by atoms with van der Waals surface area (Å²) in [4.78, 5) is 20.8. The molecule has 0 spiro atoms. The van der Waals surface area contributed by atoms with Gasteiger partial charge in [0.15, 0.2) is 11.5 Å². The maximum atomic E-state index is 11.1. The molecule has 0 atom stereocenters. The summed E-state index contributed by atoms with van der Waals surface area (Å²) in [7, 11) is 0. The molecule has 0 bridgehead atoms. The van der Waals surface area contributed by atoms with E-state index < -0.39 is 16.4 Å². The second-order valence-corrected chi connectivity index (χ2v) is 3.08. The van der Waals surface area contributed by atoms with Gasteiger partial charge in [0.2, 0.25) is 0 Å². The van der Waals surface area contributed by atoms with Gasteiger partial charge >= 0.3 is 5.69 Å². The lowest BCUT2D eigenvalue weighted by molar-refractivity contribution is -0.385. The minimum absolute atomic E-state index is 0.0922. The molecular formula is C8H6BrNO4. The second kappa shape index (κ2) is 4.19. The van der Waals surface area contributed by atoms with E-state index in [0.717, 1.165) is 12.1 Å². The average molecular weight is 260 g/mol. The monoisotopic (exact) mass is 259 g/mol. The SMILES string of the molecule is O=C(CBr)c1ccc(O)c([N+](=O)[O-])c1. The number of aromatic hydroxyl groups is 1. The summed E-state index contributed by atoms with van der Waals surface area (Å²) in [5.74, 6) is -0.714. The van der Waals surface area contributed by atoms with Crippen LogP contribution in [0, 0.1) is 10.1 Å². The summed E-state index contributed by atoms with van der Waals surface area (Å²) in [6.45, 7) is 0. The Morgan fingerprint density at radius 2 is 2.21 bits per heavy atom. The van der Waals surface area contributed by atoms with Gasteiger partial charge < -0.3 is 5.11 Å². The molecule has 0 saturated heterocycles. The molecule has 0 heterocycles. The highest BCUT2D eigenvalue weighted by atomic mass is 79.9. The first kappa shape index (κ1) is 10.6. The summed E-state index contributed by atoms with van der Waals surface area (Å²) >= 11 is 2.95. The largest absolute Gasteiger partial charge is 0.502 e. The zero-order valence-electron chi connectivity index (χ0n) is 6.94. The molecule has 0 amide bonds. The van der Waals surface area contributed by atoms with E-state index >= 15 is 0 Å². The first-order valence-electron chi connectivity index (χ1n) is 3.63. The lowest BCUT2D eigenvalue weighted by atomic mass is 10.1. The molecule has 1 aromatic carbocycles. The highest BCUT2D eigenvalue weighted by molar-refractivity contribution is 9.09. The fourth-order valence-corrected chi connectivity index (χ4v) is 1.24. The Morgan fingerprint density at radius 3 is 2.71 bits per heavy atom. The molecule has 0 aliphatic carbocycles. The number of alkyl halides is 1. The van der Waals surface area contributed by atoms with Crippen LogP contribution in [-0.4, -0.2) is 21.1 Å². The predicted octanol–water partition coefficient (Wildman–Crippen LogP) is 1.88. The Labute approximate surface area is 87.6 Å².